The Morgan fingerprint density at radius 3 is 3.00 bits per heavy atom. The van der Waals surface area contributed by atoms with Crippen molar-refractivity contribution in [2.24, 2.45) is 0 Å². The van der Waals surface area contributed by atoms with E-state index in [1.54, 1.807) is 35.5 Å². The molecule has 1 aliphatic rings. The summed E-state index contributed by atoms with van der Waals surface area (Å²) in [6.07, 6.45) is 5.13. The van der Waals surface area contributed by atoms with Crippen LogP contribution in [0.4, 0.5) is 4.39 Å². The van der Waals surface area contributed by atoms with Gasteiger partial charge in [-0.25, -0.2) is 14.4 Å². The molecular weight excluding hydrogens is 303 g/mol. The minimum atomic E-state index is -0.147. The van der Waals surface area contributed by atoms with Gasteiger partial charge in [0.05, 0.1) is 0 Å². The minimum absolute atomic E-state index is 0.147. The molecular formula is C16H13FN2S2. The van der Waals surface area contributed by atoms with Gasteiger partial charge in [0.2, 0.25) is 0 Å². The summed E-state index contributed by atoms with van der Waals surface area (Å²) in [5, 5.41) is 2.19. The highest BCUT2D eigenvalue weighted by atomic mass is 32.2. The fourth-order valence-electron chi connectivity index (χ4n) is 2.77. The third-order valence-corrected chi connectivity index (χ3v) is 6.03. The van der Waals surface area contributed by atoms with Crippen molar-refractivity contribution in [3.8, 4) is 0 Å². The van der Waals surface area contributed by atoms with E-state index in [1.807, 2.05) is 12.1 Å². The molecule has 0 aliphatic heterocycles. The predicted octanol–water partition coefficient (Wildman–Crippen LogP) is 4.61. The summed E-state index contributed by atoms with van der Waals surface area (Å²) >= 11 is 3.39. The topological polar surface area (TPSA) is 25.8 Å². The number of fused-ring (bicyclic) bond motifs is 3. The van der Waals surface area contributed by atoms with E-state index >= 15 is 0 Å². The molecule has 21 heavy (non-hydrogen) atoms. The van der Waals surface area contributed by atoms with Crippen LogP contribution in [0.15, 0.2) is 35.6 Å². The van der Waals surface area contributed by atoms with Crippen molar-refractivity contribution in [3.05, 3.63) is 52.4 Å². The molecule has 0 bridgehead atoms. The van der Waals surface area contributed by atoms with Gasteiger partial charge in [0, 0.05) is 16.0 Å². The van der Waals surface area contributed by atoms with E-state index in [9.17, 15) is 4.39 Å². The van der Waals surface area contributed by atoms with E-state index in [-0.39, 0.29) is 5.82 Å². The van der Waals surface area contributed by atoms with Gasteiger partial charge >= 0.3 is 0 Å². The van der Waals surface area contributed by atoms with Crippen molar-refractivity contribution < 1.29 is 4.39 Å². The molecule has 2 aromatic heterocycles. The molecule has 0 unspecified atom stereocenters. The van der Waals surface area contributed by atoms with Crippen molar-refractivity contribution in [2.75, 3.05) is 0 Å². The Morgan fingerprint density at radius 2 is 2.10 bits per heavy atom. The van der Waals surface area contributed by atoms with E-state index in [2.05, 4.69) is 9.97 Å². The van der Waals surface area contributed by atoms with Gasteiger partial charge in [0.25, 0.3) is 0 Å². The van der Waals surface area contributed by atoms with E-state index in [1.165, 1.54) is 28.3 Å². The maximum Gasteiger partial charge on any atom is 0.128 e. The Labute approximate surface area is 130 Å². The lowest BCUT2D eigenvalue weighted by Gasteiger charge is -2.05. The molecule has 0 saturated heterocycles. The first-order valence-corrected chi connectivity index (χ1v) is 8.74. The zero-order valence-electron chi connectivity index (χ0n) is 11.3. The number of aromatic nitrogens is 2. The van der Waals surface area contributed by atoms with Crippen molar-refractivity contribution >= 4 is 33.3 Å². The standard InChI is InChI=1S/C16H13FN2S2/c17-12-6-2-1-4-10(12)8-20-15-14-11-5-3-7-13(11)21-16(14)19-9-18-15/h1-2,4,6,9H,3,5,7-8H2. The maximum absolute atomic E-state index is 13.7. The number of halogens is 1. The van der Waals surface area contributed by atoms with Gasteiger partial charge in [0.1, 0.15) is 22.0 Å². The fourth-order valence-corrected chi connectivity index (χ4v) is 5.08. The number of hydrogen-bond donors (Lipinski definition) is 0. The van der Waals surface area contributed by atoms with Crippen LogP contribution in [0, 0.1) is 5.82 Å². The molecule has 0 N–H and O–H groups in total. The van der Waals surface area contributed by atoms with Crippen LogP contribution in [0.3, 0.4) is 0 Å². The summed E-state index contributed by atoms with van der Waals surface area (Å²) in [6.45, 7) is 0. The maximum atomic E-state index is 13.7. The third kappa shape index (κ3) is 2.34. The molecule has 0 fully saturated rings. The van der Waals surface area contributed by atoms with Crippen LogP contribution in [-0.2, 0) is 18.6 Å². The highest BCUT2D eigenvalue weighted by Gasteiger charge is 2.21. The number of thiophene rings is 1. The second-order valence-corrected chi connectivity index (χ2v) is 7.14. The largest absolute Gasteiger partial charge is 0.229 e. The Balaban J connectivity index is 1.69. The van der Waals surface area contributed by atoms with Crippen LogP contribution in [0.1, 0.15) is 22.4 Å². The number of hydrogen-bond acceptors (Lipinski definition) is 4. The average Bonchev–Trinajstić information content (AvgIpc) is 3.07. The number of aryl methyl sites for hydroxylation is 2. The summed E-state index contributed by atoms with van der Waals surface area (Å²) in [5.41, 5.74) is 2.15. The molecule has 5 heteroatoms. The van der Waals surface area contributed by atoms with Crippen molar-refractivity contribution in [3.63, 3.8) is 0 Å². The second kappa shape index (κ2) is 5.39. The molecule has 0 radical (unpaired) electrons. The number of thioether (sulfide) groups is 1. The van der Waals surface area contributed by atoms with Gasteiger partial charge in [-0.3, -0.25) is 0 Å². The first-order valence-electron chi connectivity index (χ1n) is 6.94. The first-order chi connectivity index (χ1) is 10.3. The summed E-state index contributed by atoms with van der Waals surface area (Å²) in [4.78, 5) is 11.4. The summed E-state index contributed by atoms with van der Waals surface area (Å²) in [6, 6.07) is 6.93. The number of nitrogens with zero attached hydrogens (tertiary/aromatic N) is 2. The number of rotatable bonds is 3. The van der Waals surface area contributed by atoms with Crippen molar-refractivity contribution in [2.45, 2.75) is 30.0 Å². The molecule has 0 saturated carbocycles. The van der Waals surface area contributed by atoms with Crippen LogP contribution in [0.2, 0.25) is 0 Å². The normalized spacial score (nSPS) is 13.8. The quantitative estimate of drug-likeness (QED) is 0.521. The van der Waals surface area contributed by atoms with Gasteiger partial charge < -0.3 is 0 Å². The Hall–Kier alpha value is -1.46. The lowest BCUT2D eigenvalue weighted by atomic mass is 10.2. The molecule has 0 spiro atoms. The van der Waals surface area contributed by atoms with Crippen LogP contribution in [0.25, 0.3) is 10.2 Å². The summed E-state index contributed by atoms with van der Waals surface area (Å²) < 4.78 is 13.7. The molecule has 0 amide bonds. The zero-order chi connectivity index (χ0) is 14.2. The monoisotopic (exact) mass is 316 g/mol. The Kier molecular flexibility index (Phi) is 3.39. The number of benzene rings is 1. The summed E-state index contributed by atoms with van der Waals surface area (Å²) in [7, 11) is 0. The molecule has 2 heterocycles. The van der Waals surface area contributed by atoms with Gasteiger partial charge in [-0.15, -0.1) is 23.1 Å². The molecule has 4 rings (SSSR count). The molecule has 1 aromatic carbocycles. The highest BCUT2D eigenvalue weighted by molar-refractivity contribution is 7.98. The van der Waals surface area contributed by atoms with Gasteiger partial charge in [-0.1, -0.05) is 18.2 Å². The smallest absolute Gasteiger partial charge is 0.128 e. The van der Waals surface area contributed by atoms with E-state index in [0.29, 0.717) is 5.75 Å². The first kappa shape index (κ1) is 13.2. The van der Waals surface area contributed by atoms with Crippen LogP contribution >= 0.6 is 23.1 Å². The lowest BCUT2D eigenvalue weighted by Crippen LogP contribution is -1.90. The molecule has 1 aliphatic carbocycles. The zero-order valence-corrected chi connectivity index (χ0v) is 12.9. The Morgan fingerprint density at radius 1 is 1.19 bits per heavy atom. The average molecular weight is 316 g/mol. The van der Waals surface area contributed by atoms with Gasteiger partial charge in [-0.05, 0) is 36.5 Å². The van der Waals surface area contributed by atoms with E-state index < -0.39 is 0 Å². The van der Waals surface area contributed by atoms with Crippen molar-refractivity contribution in [1.29, 1.82) is 0 Å². The highest BCUT2D eigenvalue weighted by Crippen LogP contribution is 2.40. The van der Waals surface area contributed by atoms with Crippen LogP contribution in [-0.4, -0.2) is 9.97 Å². The molecule has 106 valence electrons. The lowest BCUT2D eigenvalue weighted by molar-refractivity contribution is 0.617. The van der Waals surface area contributed by atoms with E-state index in [0.717, 1.165) is 28.3 Å². The predicted molar refractivity (Wildman–Crippen MR) is 85.4 cm³/mol. The molecule has 0 atom stereocenters. The molecule has 3 aromatic rings. The fraction of sp³-hybridized carbons (Fsp3) is 0.250. The van der Waals surface area contributed by atoms with Crippen LogP contribution in [0.5, 0.6) is 0 Å². The van der Waals surface area contributed by atoms with Crippen molar-refractivity contribution in [1.82, 2.24) is 9.97 Å². The van der Waals surface area contributed by atoms with Crippen LogP contribution < -0.4 is 0 Å². The third-order valence-electron chi connectivity index (χ3n) is 3.79. The SMILES string of the molecule is Fc1ccccc1CSc1ncnc2sc3c(c12)CCC3. The van der Waals surface area contributed by atoms with Gasteiger partial charge in [0.15, 0.2) is 0 Å². The second-order valence-electron chi connectivity index (χ2n) is 5.10. The minimum Gasteiger partial charge on any atom is -0.229 e. The Bertz CT molecular complexity index is 813. The molecule has 2 nitrogen and oxygen atoms in total. The van der Waals surface area contributed by atoms with Gasteiger partial charge in [-0.2, -0.15) is 0 Å². The van der Waals surface area contributed by atoms with E-state index in [4.69, 9.17) is 0 Å². The summed E-state index contributed by atoms with van der Waals surface area (Å²) in [5.74, 6) is 0.453.